The molecule has 128 valence electrons. The quantitative estimate of drug-likeness (QED) is 0.849. The molecule has 6 heteroatoms. The first-order valence-corrected chi connectivity index (χ1v) is 9.07. The molecule has 2 aliphatic rings. The Kier molecular flexibility index (Phi) is 4.12. The molecule has 0 spiro atoms. The number of amides is 1. The monoisotopic (exact) mass is 347 g/mol. The van der Waals surface area contributed by atoms with Gasteiger partial charge in [-0.2, -0.15) is 4.98 Å². The molecule has 4 rings (SSSR count). The molecule has 5 nitrogen and oxygen atoms in total. The molecule has 2 fully saturated rings. The van der Waals surface area contributed by atoms with Crippen LogP contribution in [0.25, 0.3) is 11.1 Å². The minimum atomic E-state index is 0.273. The van der Waals surface area contributed by atoms with E-state index >= 15 is 0 Å². The zero-order valence-electron chi connectivity index (χ0n) is 13.9. The lowest BCUT2D eigenvalue weighted by molar-refractivity contribution is -0.139. The molecule has 1 aliphatic carbocycles. The Morgan fingerprint density at radius 3 is 2.71 bits per heavy atom. The maximum absolute atomic E-state index is 12.4. The lowest BCUT2D eigenvalue weighted by atomic mass is 9.84. The van der Waals surface area contributed by atoms with E-state index in [9.17, 15) is 4.79 Å². The lowest BCUT2D eigenvalue weighted by Gasteiger charge is -2.38. The Morgan fingerprint density at radius 2 is 2.04 bits per heavy atom. The van der Waals surface area contributed by atoms with Crippen LogP contribution in [0, 0.1) is 5.92 Å². The summed E-state index contributed by atoms with van der Waals surface area (Å²) in [6.07, 6.45) is 5.23. The fourth-order valence-corrected chi connectivity index (χ4v) is 3.76. The van der Waals surface area contributed by atoms with Crippen molar-refractivity contribution in [1.29, 1.82) is 0 Å². The second-order valence-corrected chi connectivity index (χ2v) is 7.34. The van der Waals surface area contributed by atoms with Crippen LogP contribution in [0.4, 0.5) is 6.01 Å². The summed E-state index contributed by atoms with van der Waals surface area (Å²) in [5, 5.41) is 0.664. The first kappa shape index (κ1) is 15.8. The number of carbonyl (C=O) groups is 1. The van der Waals surface area contributed by atoms with Crippen molar-refractivity contribution in [3.8, 4) is 0 Å². The molecule has 24 heavy (non-hydrogen) atoms. The van der Waals surface area contributed by atoms with Crippen LogP contribution in [0.1, 0.15) is 32.1 Å². The molecule has 1 aliphatic heterocycles. The Balaban J connectivity index is 1.40. The van der Waals surface area contributed by atoms with Crippen molar-refractivity contribution < 1.29 is 9.21 Å². The molecule has 1 amide bonds. The minimum absolute atomic E-state index is 0.273. The van der Waals surface area contributed by atoms with Crippen LogP contribution in [0.5, 0.6) is 0 Å². The number of oxazole rings is 1. The highest BCUT2D eigenvalue weighted by Crippen LogP contribution is 2.31. The van der Waals surface area contributed by atoms with Crippen LogP contribution in [-0.2, 0) is 4.79 Å². The molecule has 0 bridgehead atoms. The SMILES string of the molecule is CN(C(=O)C1CCC1)C1CCN(c2nc3cc(Cl)ccc3o2)CC1. The van der Waals surface area contributed by atoms with Crippen molar-refractivity contribution in [3.05, 3.63) is 23.2 Å². The van der Waals surface area contributed by atoms with Gasteiger partial charge in [-0.15, -0.1) is 0 Å². The number of fused-ring (bicyclic) bond motifs is 1. The smallest absolute Gasteiger partial charge is 0.298 e. The average molecular weight is 348 g/mol. The molecule has 1 saturated heterocycles. The molecule has 0 atom stereocenters. The fourth-order valence-electron chi connectivity index (χ4n) is 3.59. The highest BCUT2D eigenvalue weighted by Gasteiger charge is 2.33. The summed E-state index contributed by atoms with van der Waals surface area (Å²) in [7, 11) is 1.96. The molecular formula is C18H22ClN3O2. The Hall–Kier alpha value is -1.75. The van der Waals surface area contributed by atoms with E-state index in [0.717, 1.165) is 49.9 Å². The Morgan fingerprint density at radius 1 is 1.29 bits per heavy atom. The van der Waals surface area contributed by atoms with Gasteiger partial charge in [0.25, 0.3) is 6.01 Å². The van der Waals surface area contributed by atoms with Crippen molar-refractivity contribution in [2.45, 2.75) is 38.1 Å². The Bertz CT molecular complexity index is 748. The number of aromatic nitrogens is 1. The number of carbonyl (C=O) groups excluding carboxylic acids is 1. The molecular weight excluding hydrogens is 326 g/mol. The van der Waals surface area contributed by atoms with Crippen molar-refractivity contribution >= 4 is 34.6 Å². The first-order valence-electron chi connectivity index (χ1n) is 8.69. The maximum atomic E-state index is 12.4. The molecule has 2 heterocycles. The predicted octanol–water partition coefficient (Wildman–Crippen LogP) is 3.71. The highest BCUT2D eigenvalue weighted by atomic mass is 35.5. The van der Waals surface area contributed by atoms with E-state index in [4.69, 9.17) is 16.0 Å². The molecule has 1 aromatic heterocycles. The largest absolute Gasteiger partial charge is 0.423 e. The zero-order valence-corrected chi connectivity index (χ0v) is 14.6. The highest BCUT2D eigenvalue weighted by molar-refractivity contribution is 6.31. The van der Waals surface area contributed by atoms with Crippen molar-refractivity contribution in [2.24, 2.45) is 5.92 Å². The maximum Gasteiger partial charge on any atom is 0.298 e. The lowest BCUT2D eigenvalue weighted by Crippen LogP contribution is -2.48. The average Bonchev–Trinajstić information content (AvgIpc) is 2.95. The van der Waals surface area contributed by atoms with Gasteiger partial charge in [-0.25, -0.2) is 0 Å². The number of hydrogen-bond donors (Lipinski definition) is 0. The van der Waals surface area contributed by atoms with Gasteiger partial charge in [-0.1, -0.05) is 18.0 Å². The second-order valence-electron chi connectivity index (χ2n) is 6.90. The fraction of sp³-hybridized carbons (Fsp3) is 0.556. The molecule has 2 aromatic rings. The van der Waals surface area contributed by atoms with Gasteiger partial charge < -0.3 is 14.2 Å². The summed E-state index contributed by atoms with van der Waals surface area (Å²) in [5.41, 5.74) is 1.55. The van der Waals surface area contributed by atoms with E-state index in [1.54, 1.807) is 0 Å². The number of piperidine rings is 1. The number of halogens is 1. The van der Waals surface area contributed by atoms with Gasteiger partial charge in [0.1, 0.15) is 5.52 Å². The van der Waals surface area contributed by atoms with E-state index in [-0.39, 0.29) is 5.92 Å². The molecule has 1 aromatic carbocycles. The number of benzene rings is 1. The summed E-state index contributed by atoms with van der Waals surface area (Å²) < 4.78 is 5.85. The molecule has 0 N–H and O–H groups in total. The van der Waals surface area contributed by atoms with Crippen molar-refractivity contribution in [3.63, 3.8) is 0 Å². The zero-order chi connectivity index (χ0) is 16.7. The van der Waals surface area contributed by atoms with Crippen LogP contribution < -0.4 is 4.90 Å². The van der Waals surface area contributed by atoms with E-state index in [1.165, 1.54) is 6.42 Å². The normalized spacial score (nSPS) is 19.5. The van der Waals surface area contributed by atoms with E-state index in [1.807, 2.05) is 30.1 Å². The minimum Gasteiger partial charge on any atom is -0.423 e. The Labute approximate surface area is 146 Å². The second kappa shape index (κ2) is 6.28. The van der Waals surface area contributed by atoms with E-state index < -0.39 is 0 Å². The number of hydrogen-bond acceptors (Lipinski definition) is 4. The summed E-state index contributed by atoms with van der Waals surface area (Å²) in [6.45, 7) is 1.71. The summed E-state index contributed by atoms with van der Waals surface area (Å²) >= 11 is 6.01. The van der Waals surface area contributed by atoms with Crippen molar-refractivity contribution in [2.75, 3.05) is 25.0 Å². The molecule has 0 radical (unpaired) electrons. The molecule has 0 unspecified atom stereocenters. The molecule has 1 saturated carbocycles. The summed E-state index contributed by atoms with van der Waals surface area (Å²) in [6, 6.07) is 6.46. The van der Waals surface area contributed by atoms with Gasteiger partial charge in [-0.05, 0) is 43.9 Å². The summed E-state index contributed by atoms with van der Waals surface area (Å²) in [4.78, 5) is 21.1. The third-order valence-corrected chi connectivity index (χ3v) is 5.66. The van der Waals surface area contributed by atoms with Crippen LogP contribution >= 0.6 is 11.6 Å². The van der Waals surface area contributed by atoms with Gasteiger partial charge in [0.05, 0.1) is 0 Å². The number of anilines is 1. The standard InChI is InChI=1S/C18H22ClN3O2/c1-21(17(23)12-3-2-4-12)14-7-9-22(10-8-14)18-20-15-11-13(19)5-6-16(15)24-18/h5-6,11-12,14H,2-4,7-10H2,1H3. The number of nitrogens with zero attached hydrogens (tertiary/aromatic N) is 3. The van der Waals surface area contributed by atoms with Gasteiger partial charge in [0.2, 0.25) is 5.91 Å². The first-order chi connectivity index (χ1) is 11.6. The van der Waals surface area contributed by atoms with Gasteiger partial charge in [-0.3, -0.25) is 4.79 Å². The van der Waals surface area contributed by atoms with E-state index in [0.29, 0.717) is 23.0 Å². The van der Waals surface area contributed by atoms with Crippen LogP contribution in [0.3, 0.4) is 0 Å². The third-order valence-electron chi connectivity index (χ3n) is 5.42. The van der Waals surface area contributed by atoms with E-state index in [2.05, 4.69) is 9.88 Å². The van der Waals surface area contributed by atoms with Crippen molar-refractivity contribution in [1.82, 2.24) is 9.88 Å². The predicted molar refractivity (Wildman–Crippen MR) is 94.4 cm³/mol. The van der Waals surface area contributed by atoms with Gasteiger partial charge in [0, 0.05) is 37.1 Å². The topological polar surface area (TPSA) is 49.6 Å². The van der Waals surface area contributed by atoms with Crippen LogP contribution in [0.15, 0.2) is 22.6 Å². The van der Waals surface area contributed by atoms with Gasteiger partial charge >= 0.3 is 0 Å². The number of rotatable bonds is 3. The van der Waals surface area contributed by atoms with Crippen LogP contribution in [-0.4, -0.2) is 42.0 Å². The summed E-state index contributed by atoms with van der Waals surface area (Å²) in [5.74, 6) is 0.603. The van der Waals surface area contributed by atoms with Gasteiger partial charge in [0.15, 0.2) is 5.58 Å². The van der Waals surface area contributed by atoms with Crippen LogP contribution in [0.2, 0.25) is 5.02 Å². The third kappa shape index (κ3) is 2.86.